The zero-order chi connectivity index (χ0) is 19.4. The summed E-state index contributed by atoms with van der Waals surface area (Å²) < 4.78 is 0. The highest BCUT2D eigenvalue weighted by Gasteiger charge is 2.15. The lowest BCUT2D eigenvalue weighted by Gasteiger charge is -2.14. The highest BCUT2D eigenvalue weighted by Crippen LogP contribution is 2.28. The molecule has 0 aliphatic carbocycles. The van der Waals surface area contributed by atoms with E-state index in [0.717, 1.165) is 16.8 Å². The van der Waals surface area contributed by atoms with E-state index < -0.39 is 5.97 Å². The largest absolute Gasteiger partial charge is 0.478 e. The molecule has 2 N–H and O–H groups in total. The van der Waals surface area contributed by atoms with Crippen molar-refractivity contribution >= 4 is 23.3 Å². The molecule has 0 aliphatic rings. The van der Waals surface area contributed by atoms with Crippen molar-refractivity contribution in [3.63, 3.8) is 0 Å². The Labute approximate surface area is 157 Å². The lowest BCUT2D eigenvalue weighted by Crippen LogP contribution is -2.14. The maximum Gasteiger partial charge on any atom is 0.337 e. The standard InChI is InChI=1S/C22H20N2O3/c1-24(2)18-11-8-15(9-12-18)17-10-13-19(22(26)27)20(14-17)23-21(25)16-6-4-3-5-7-16/h3-14H,1-2H3,(H,23,25)(H,26,27). The van der Waals surface area contributed by atoms with Crippen molar-refractivity contribution in [1.82, 2.24) is 0 Å². The molecule has 0 saturated carbocycles. The summed E-state index contributed by atoms with van der Waals surface area (Å²) in [6.45, 7) is 0. The Morgan fingerprint density at radius 3 is 2.07 bits per heavy atom. The van der Waals surface area contributed by atoms with Crippen LogP contribution in [0.2, 0.25) is 0 Å². The molecular formula is C22H20N2O3. The number of carboxylic acid groups (broad SMARTS) is 1. The molecule has 0 spiro atoms. The van der Waals surface area contributed by atoms with Crippen molar-refractivity contribution in [3.05, 3.63) is 83.9 Å². The highest BCUT2D eigenvalue weighted by molar-refractivity contribution is 6.08. The number of amides is 1. The molecule has 0 aliphatic heterocycles. The third-order valence-corrected chi connectivity index (χ3v) is 4.25. The number of carbonyl (C=O) groups is 2. The van der Waals surface area contributed by atoms with Gasteiger partial charge in [0.05, 0.1) is 11.3 Å². The zero-order valence-corrected chi connectivity index (χ0v) is 15.1. The topological polar surface area (TPSA) is 69.6 Å². The normalized spacial score (nSPS) is 10.3. The van der Waals surface area contributed by atoms with Crippen LogP contribution in [-0.2, 0) is 0 Å². The van der Waals surface area contributed by atoms with Gasteiger partial charge >= 0.3 is 5.97 Å². The van der Waals surface area contributed by atoms with Crippen molar-refractivity contribution in [1.29, 1.82) is 0 Å². The first kappa shape index (κ1) is 18.2. The van der Waals surface area contributed by atoms with Crippen LogP contribution in [0.25, 0.3) is 11.1 Å². The first-order chi connectivity index (χ1) is 13.0. The lowest BCUT2D eigenvalue weighted by molar-refractivity contribution is 0.0698. The second-order valence-electron chi connectivity index (χ2n) is 6.33. The molecule has 3 aromatic rings. The summed E-state index contributed by atoms with van der Waals surface area (Å²) in [6, 6.07) is 21.6. The fourth-order valence-corrected chi connectivity index (χ4v) is 2.75. The molecule has 5 heteroatoms. The molecule has 27 heavy (non-hydrogen) atoms. The van der Waals surface area contributed by atoms with Gasteiger partial charge in [0.2, 0.25) is 0 Å². The van der Waals surface area contributed by atoms with Crippen LogP contribution in [0.4, 0.5) is 11.4 Å². The minimum absolute atomic E-state index is 0.0490. The van der Waals surface area contributed by atoms with Crippen LogP contribution in [0, 0.1) is 0 Å². The predicted octanol–water partition coefficient (Wildman–Crippen LogP) is 4.37. The minimum atomic E-state index is -1.09. The molecule has 1 amide bonds. The van der Waals surface area contributed by atoms with E-state index in [-0.39, 0.29) is 17.2 Å². The number of hydrogen-bond acceptors (Lipinski definition) is 3. The predicted molar refractivity (Wildman–Crippen MR) is 108 cm³/mol. The van der Waals surface area contributed by atoms with E-state index >= 15 is 0 Å². The van der Waals surface area contributed by atoms with Gasteiger partial charge in [0.1, 0.15) is 0 Å². The Morgan fingerprint density at radius 1 is 0.852 bits per heavy atom. The Bertz CT molecular complexity index is 965. The smallest absolute Gasteiger partial charge is 0.337 e. The van der Waals surface area contributed by atoms with Gasteiger partial charge < -0.3 is 15.3 Å². The van der Waals surface area contributed by atoms with Crippen molar-refractivity contribution < 1.29 is 14.7 Å². The van der Waals surface area contributed by atoms with Gasteiger partial charge in [0, 0.05) is 25.3 Å². The summed E-state index contributed by atoms with van der Waals surface area (Å²) in [5.41, 5.74) is 3.62. The quantitative estimate of drug-likeness (QED) is 0.709. The molecule has 0 unspecified atom stereocenters. The second kappa shape index (κ2) is 7.74. The Kier molecular flexibility index (Phi) is 5.22. The van der Waals surface area contributed by atoms with Gasteiger partial charge in [-0.3, -0.25) is 4.79 Å². The van der Waals surface area contributed by atoms with E-state index in [0.29, 0.717) is 5.56 Å². The van der Waals surface area contributed by atoms with E-state index in [1.54, 1.807) is 36.4 Å². The van der Waals surface area contributed by atoms with Gasteiger partial charge in [0.25, 0.3) is 5.91 Å². The summed E-state index contributed by atoms with van der Waals surface area (Å²) in [6.07, 6.45) is 0. The summed E-state index contributed by atoms with van der Waals surface area (Å²) in [7, 11) is 3.93. The number of anilines is 2. The number of nitrogens with one attached hydrogen (secondary N) is 1. The molecular weight excluding hydrogens is 340 g/mol. The zero-order valence-electron chi connectivity index (χ0n) is 15.1. The molecule has 0 radical (unpaired) electrons. The number of carbonyl (C=O) groups excluding carboxylic acids is 1. The summed E-state index contributed by atoms with van der Waals surface area (Å²) in [4.78, 5) is 26.0. The molecule has 0 heterocycles. The second-order valence-corrected chi connectivity index (χ2v) is 6.33. The first-order valence-electron chi connectivity index (χ1n) is 8.47. The molecule has 3 aromatic carbocycles. The molecule has 0 atom stereocenters. The van der Waals surface area contributed by atoms with Gasteiger partial charge in [-0.15, -0.1) is 0 Å². The number of benzene rings is 3. The van der Waals surface area contributed by atoms with Crippen LogP contribution in [0.5, 0.6) is 0 Å². The SMILES string of the molecule is CN(C)c1ccc(-c2ccc(C(=O)O)c(NC(=O)c3ccccc3)c2)cc1. The van der Waals surface area contributed by atoms with Crippen LogP contribution < -0.4 is 10.2 Å². The molecule has 0 saturated heterocycles. The fraction of sp³-hybridized carbons (Fsp3) is 0.0909. The fourth-order valence-electron chi connectivity index (χ4n) is 2.75. The van der Waals surface area contributed by atoms with Gasteiger partial charge in [-0.2, -0.15) is 0 Å². The number of aromatic carboxylic acids is 1. The Morgan fingerprint density at radius 2 is 1.48 bits per heavy atom. The van der Waals surface area contributed by atoms with E-state index in [1.165, 1.54) is 6.07 Å². The van der Waals surface area contributed by atoms with E-state index in [1.807, 2.05) is 49.3 Å². The average Bonchev–Trinajstić information content (AvgIpc) is 2.68. The maximum atomic E-state index is 12.4. The monoisotopic (exact) mass is 360 g/mol. The van der Waals surface area contributed by atoms with Crippen molar-refractivity contribution in [3.8, 4) is 11.1 Å². The number of hydrogen-bond donors (Lipinski definition) is 2. The molecule has 0 fully saturated rings. The van der Waals surface area contributed by atoms with Gasteiger partial charge in [0.15, 0.2) is 0 Å². The first-order valence-corrected chi connectivity index (χ1v) is 8.47. The number of rotatable bonds is 5. The van der Waals surface area contributed by atoms with Gasteiger partial charge in [-0.25, -0.2) is 4.79 Å². The van der Waals surface area contributed by atoms with Gasteiger partial charge in [-0.1, -0.05) is 36.4 Å². The van der Waals surface area contributed by atoms with Crippen molar-refractivity contribution in [2.75, 3.05) is 24.3 Å². The van der Waals surface area contributed by atoms with Crippen LogP contribution in [0.15, 0.2) is 72.8 Å². The third-order valence-electron chi connectivity index (χ3n) is 4.25. The number of carboxylic acids is 1. The summed E-state index contributed by atoms with van der Waals surface area (Å²) in [5, 5.41) is 12.2. The molecule has 5 nitrogen and oxygen atoms in total. The van der Waals surface area contributed by atoms with E-state index in [2.05, 4.69) is 5.32 Å². The van der Waals surface area contributed by atoms with Crippen LogP contribution in [0.3, 0.4) is 0 Å². The molecule has 136 valence electrons. The minimum Gasteiger partial charge on any atom is -0.478 e. The Hall–Kier alpha value is -3.60. The molecule has 0 aromatic heterocycles. The van der Waals surface area contributed by atoms with Crippen molar-refractivity contribution in [2.45, 2.75) is 0 Å². The van der Waals surface area contributed by atoms with Crippen LogP contribution >= 0.6 is 0 Å². The van der Waals surface area contributed by atoms with Crippen LogP contribution in [0.1, 0.15) is 20.7 Å². The summed E-state index contributed by atoms with van der Waals surface area (Å²) >= 11 is 0. The third kappa shape index (κ3) is 4.15. The highest BCUT2D eigenvalue weighted by atomic mass is 16.4. The van der Waals surface area contributed by atoms with E-state index in [9.17, 15) is 14.7 Å². The van der Waals surface area contributed by atoms with Crippen molar-refractivity contribution in [2.24, 2.45) is 0 Å². The average molecular weight is 360 g/mol. The lowest BCUT2D eigenvalue weighted by atomic mass is 10.0. The Balaban J connectivity index is 1.95. The maximum absolute atomic E-state index is 12.4. The summed E-state index contributed by atoms with van der Waals surface area (Å²) in [5.74, 6) is -1.44. The van der Waals surface area contributed by atoms with Crippen LogP contribution in [-0.4, -0.2) is 31.1 Å². The molecule has 0 bridgehead atoms. The number of nitrogens with zero attached hydrogens (tertiary/aromatic N) is 1. The molecule has 3 rings (SSSR count). The van der Waals surface area contributed by atoms with E-state index in [4.69, 9.17) is 0 Å². The van der Waals surface area contributed by atoms with Gasteiger partial charge in [-0.05, 0) is 47.5 Å².